The molecule has 0 bridgehead atoms. The van der Waals surface area contributed by atoms with Crippen LogP contribution in [0.2, 0.25) is 0 Å². The summed E-state index contributed by atoms with van der Waals surface area (Å²) in [4.78, 5) is 7.29. The molecule has 4 heterocycles. The molecule has 0 fully saturated rings. The number of fused-ring (bicyclic) bond motifs is 2. The predicted molar refractivity (Wildman–Crippen MR) is 271 cm³/mol. The summed E-state index contributed by atoms with van der Waals surface area (Å²) in [5.41, 5.74) is 8.58. The number of halogens is 1. The van der Waals surface area contributed by atoms with Gasteiger partial charge in [0.15, 0.2) is 0 Å². The Morgan fingerprint density at radius 1 is 0.525 bits per heavy atom. The van der Waals surface area contributed by atoms with Crippen molar-refractivity contribution in [3.63, 3.8) is 0 Å². The molecule has 0 saturated carbocycles. The molecule has 0 aliphatic rings. The highest BCUT2D eigenvalue weighted by Crippen LogP contribution is 2.46. The van der Waals surface area contributed by atoms with Gasteiger partial charge in [-0.25, -0.2) is 4.39 Å². The maximum atomic E-state index is 15.5. The average molecular weight is 892 g/mol. The second-order valence-electron chi connectivity index (χ2n) is 17.1. The summed E-state index contributed by atoms with van der Waals surface area (Å²) in [6.45, 7) is 11.4. The van der Waals surface area contributed by atoms with Gasteiger partial charge in [-0.15, -0.1) is 34.0 Å². The molecular weight excluding hydrogens is 826 g/mol. The topological polar surface area (TPSA) is 29.0 Å². The van der Waals surface area contributed by atoms with E-state index in [2.05, 4.69) is 99.3 Å². The lowest BCUT2D eigenvalue weighted by molar-refractivity contribution is 0.421. The molecule has 4 aromatic heterocycles. The molecule has 0 spiro atoms. The molecule has 61 heavy (non-hydrogen) atoms. The number of unbranched alkanes of at least 4 members (excludes halogenated alkanes) is 11. The first-order valence-electron chi connectivity index (χ1n) is 23.5. The van der Waals surface area contributed by atoms with Crippen LogP contribution in [0.15, 0.2) is 78.9 Å². The van der Waals surface area contributed by atoms with Crippen LogP contribution in [0.3, 0.4) is 0 Å². The molecule has 3 aromatic carbocycles. The minimum absolute atomic E-state index is 0.114. The number of benzene rings is 3. The fraction of sp³-hybridized carbons (Fsp3) is 0.472. The van der Waals surface area contributed by atoms with Crippen molar-refractivity contribution in [3.8, 4) is 41.8 Å². The van der Waals surface area contributed by atoms with E-state index in [1.165, 1.54) is 150 Å². The fourth-order valence-electron chi connectivity index (χ4n) is 8.71. The number of aryl methyl sites for hydroxylation is 1. The van der Waals surface area contributed by atoms with E-state index >= 15 is 4.39 Å². The van der Waals surface area contributed by atoms with Gasteiger partial charge >= 0.3 is 0 Å². The number of thiophene rings is 3. The monoisotopic (exact) mass is 891 g/mol. The first-order valence-corrected chi connectivity index (χ1v) is 26.7. The molecule has 0 aliphatic carbocycles. The lowest BCUT2D eigenvalue weighted by Gasteiger charge is -2.25. The Morgan fingerprint density at radius 2 is 1.08 bits per heavy atom. The summed E-state index contributed by atoms with van der Waals surface area (Å²) in [5.74, 6) is 0.614. The maximum Gasteiger partial charge on any atom is 0.132 e. The smallest absolute Gasteiger partial charge is 0.132 e. The quantitative estimate of drug-likeness (QED) is 0.0507. The molecule has 0 amide bonds. The lowest BCUT2D eigenvalue weighted by Crippen LogP contribution is -2.25. The van der Waals surface area contributed by atoms with Crippen LogP contribution in [0.4, 0.5) is 10.1 Å². The number of anilines is 1. The molecule has 0 N–H and O–H groups in total. The van der Waals surface area contributed by atoms with Crippen LogP contribution in [0, 0.1) is 11.7 Å². The van der Waals surface area contributed by atoms with Crippen molar-refractivity contribution >= 4 is 71.9 Å². The van der Waals surface area contributed by atoms with E-state index in [1.807, 2.05) is 17.4 Å². The number of aromatic nitrogens is 2. The molecular formula is C53H66FN3S4. The van der Waals surface area contributed by atoms with Crippen molar-refractivity contribution in [2.45, 2.75) is 143 Å². The van der Waals surface area contributed by atoms with Gasteiger partial charge in [0.2, 0.25) is 0 Å². The predicted octanol–water partition coefficient (Wildman–Crippen LogP) is 18.5. The van der Waals surface area contributed by atoms with Crippen LogP contribution in [0.5, 0.6) is 0 Å². The summed E-state index contributed by atoms with van der Waals surface area (Å²) in [6, 6.07) is 28.6. The maximum absolute atomic E-state index is 15.5. The zero-order chi connectivity index (χ0) is 42.4. The van der Waals surface area contributed by atoms with Crippen molar-refractivity contribution in [1.29, 1.82) is 0 Å². The van der Waals surface area contributed by atoms with Crippen LogP contribution < -0.4 is 4.90 Å². The van der Waals surface area contributed by atoms with Gasteiger partial charge in [-0.3, -0.25) is 0 Å². The fourth-order valence-corrected chi connectivity index (χ4v) is 12.8. The lowest BCUT2D eigenvalue weighted by atomic mass is 9.92. The SMILES string of the molecule is CCCCCCCCN(CCCCCCCC)c1ccc(-c2ccc(-c3ccc(-c4cc5sc(-c6ccc(CCC(CC)CCCC)cc6F)cc5s4)c4nsnc34)s2)cc1. The van der Waals surface area contributed by atoms with Crippen molar-refractivity contribution < 1.29 is 4.39 Å². The summed E-state index contributed by atoms with van der Waals surface area (Å²) in [6.07, 6.45) is 23.1. The second-order valence-corrected chi connectivity index (χ2v) is 20.9. The highest BCUT2D eigenvalue weighted by Gasteiger charge is 2.19. The zero-order valence-corrected chi connectivity index (χ0v) is 40.3. The van der Waals surface area contributed by atoms with Gasteiger partial charge in [0.05, 0.1) is 11.7 Å². The Kier molecular flexibility index (Phi) is 17.4. The van der Waals surface area contributed by atoms with Gasteiger partial charge in [-0.05, 0) is 85.2 Å². The molecule has 324 valence electrons. The molecule has 8 heteroatoms. The highest BCUT2D eigenvalue weighted by molar-refractivity contribution is 7.31. The van der Waals surface area contributed by atoms with Crippen molar-refractivity contribution in [1.82, 2.24) is 8.75 Å². The largest absolute Gasteiger partial charge is 0.372 e. The molecule has 0 aliphatic heterocycles. The van der Waals surface area contributed by atoms with E-state index in [0.29, 0.717) is 5.56 Å². The Hall–Kier alpha value is -3.43. The Labute approximate surface area is 381 Å². The van der Waals surface area contributed by atoms with Crippen LogP contribution in [-0.2, 0) is 6.42 Å². The molecule has 7 aromatic rings. The normalized spacial score (nSPS) is 12.3. The Balaban J connectivity index is 1.02. The molecule has 3 nitrogen and oxygen atoms in total. The third kappa shape index (κ3) is 12.0. The minimum atomic E-state index is -0.114. The van der Waals surface area contributed by atoms with Gasteiger partial charge in [0, 0.05) is 64.4 Å². The van der Waals surface area contributed by atoms with Gasteiger partial charge in [-0.2, -0.15) is 8.75 Å². The number of nitrogens with zero attached hydrogens (tertiary/aromatic N) is 3. The summed E-state index contributed by atoms with van der Waals surface area (Å²) < 4.78 is 27.6. The van der Waals surface area contributed by atoms with Gasteiger partial charge in [0.1, 0.15) is 16.9 Å². The first-order chi connectivity index (χ1) is 30.0. The highest BCUT2D eigenvalue weighted by atomic mass is 32.1. The van der Waals surface area contributed by atoms with E-state index in [9.17, 15) is 0 Å². The van der Waals surface area contributed by atoms with E-state index < -0.39 is 0 Å². The van der Waals surface area contributed by atoms with E-state index in [-0.39, 0.29) is 5.82 Å². The summed E-state index contributed by atoms with van der Waals surface area (Å²) in [7, 11) is 0. The third-order valence-corrected chi connectivity index (χ3v) is 16.6. The van der Waals surface area contributed by atoms with Gasteiger partial charge in [-0.1, -0.05) is 154 Å². The molecule has 1 unspecified atom stereocenters. The van der Waals surface area contributed by atoms with E-state index in [0.717, 1.165) is 64.4 Å². The summed E-state index contributed by atoms with van der Waals surface area (Å²) >= 11 is 6.55. The van der Waals surface area contributed by atoms with Crippen LogP contribution in [0.25, 0.3) is 62.2 Å². The molecule has 1 atom stereocenters. The minimum Gasteiger partial charge on any atom is -0.372 e. The summed E-state index contributed by atoms with van der Waals surface area (Å²) in [5, 5.41) is 0. The van der Waals surface area contributed by atoms with Crippen LogP contribution in [0.1, 0.15) is 142 Å². The van der Waals surface area contributed by atoms with Crippen molar-refractivity contribution in [2.24, 2.45) is 5.92 Å². The number of rotatable bonds is 26. The van der Waals surface area contributed by atoms with E-state index in [4.69, 9.17) is 8.75 Å². The Morgan fingerprint density at radius 3 is 1.69 bits per heavy atom. The van der Waals surface area contributed by atoms with Gasteiger partial charge in [0.25, 0.3) is 0 Å². The average Bonchev–Trinajstić information content (AvgIpc) is 4.11. The van der Waals surface area contributed by atoms with Gasteiger partial charge < -0.3 is 4.90 Å². The molecule has 7 rings (SSSR count). The Bertz CT molecular complexity index is 2340. The zero-order valence-electron chi connectivity index (χ0n) is 37.1. The standard InChI is InChI=1S/C53H66FN3S4/c1-5-9-12-14-16-18-33-57(34-19-17-15-13-10-6-2)41-26-24-40(25-27-41)46-31-32-47(58-46)43-29-30-44(53-52(43)55-61-56-53)49-37-51-50(60-49)36-48(59-51)42-28-23-39(35-45(42)54)22-21-38(8-4)20-11-7-3/h23-32,35-38H,5-22,33-34H2,1-4H3. The van der Waals surface area contributed by atoms with Crippen molar-refractivity contribution in [3.05, 3.63) is 90.2 Å². The molecule has 0 radical (unpaired) electrons. The van der Waals surface area contributed by atoms with E-state index in [1.54, 1.807) is 28.7 Å². The first kappa shape index (κ1) is 45.6. The third-order valence-electron chi connectivity index (χ3n) is 12.5. The molecule has 0 saturated heterocycles. The number of hydrogen-bond acceptors (Lipinski definition) is 7. The number of hydrogen-bond donors (Lipinski definition) is 0. The second kappa shape index (κ2) is 23.3. The van der Waals surface area contributed by atoms with Crippen molar-refractivity contribution in [2.75, 3.05) is 18.0 Å². The van der Waals surface area contributed by atoms with Crippen LogP contribution in [-0.4, -0.2) is 21.8 Å². The van der Waals surface area contributed by atoms with Crippen LogP contribution >= 0.6 is 45.7 Å².